The van der Waals surface area contributed by atoms with Gasteiger partial charge in [0, 0.05) is 12.8 Å². The lowest BCUT2D eigenvalue weighted by molar-refractivity contribution is -0.325. The van der Waals surface area contributed by atoms with E-state index in [0.717, 1.165) is 103 Å². The molecule has 2 atom stereocenters. The summed E-state index contributed by atoms with van der Waals surface area (Å²) in [5, 5.41) is 0. The molecule has 2 unspecified atom stereocenters. The lowest BCUT2D eigenvalue weighted by Crippen LogP contribution is -2.50. The molecule has 7 nitrogen and oxygen atoms in total. The van der Waals surface area contributed by atoms with Crippen LogP contribution in [-0.4, -0.2) is 63.8 Å². The molecule has 0 spiro atoms. The molecule has 0 saturated heterocycles. The van der Waals surface area contributed by atoms with Crippen LogP contribution in [-0.2, 0) is 33.2 Å². The predicted octanol–water partition coefficient (Wildman–Crippen LogP) is 28.3. The van der Waals surface area contributed by atoms with Crippen LogP contribution in [0.25, 0.3) is 0 Å². The van der Waals surface area contributed by atoms with Gasteiger partial charge in [0.2, 0.25) is 0 Å². The highest BCUT2D eigenvalue weighted by atomic mass is 16.8. The highest BCUT2D eigenvalue weighted by Gasteiger charge is 2.43. The van der Waals surface area contributed by atoms with Crippen LogP contribution in [0.2, 0.25) is 0 Å². The van der Waals surface area contributed by atoms with E-state index in [1.807, 2.05) is 0 Å². The molecule has 0 radical (unpaired) electrons. The molecule has 0 heterocycles. The fraction of sp³-hybridized carbons (Fsp3) is 1.00. The van der Waals surface area contributed by atoms with E-state index in [-0.39, 0.29) is 25.8 Å². The van der Waals surface area contributed by atoms with Crippen LogP contribution < -0.4 is 0 Å². The van der Waals surface area contributed by atoms with Gasteiger partial charge in [0.05, 0.1) is 26.4 Å². The third-order valence-electron chi connectivity index (χ3n) is 19.5. The molecule has 0 aromatic heterocycles. The molecule has 0 aromatic carbocycles. The molecule has 0 bridgehead atoms. The van der Waals surface area contributed by atoms with E-state index in [1.54, 1.807) is 0 Å². The number of ether oxygens (including phenoxy) is 7. The predicted molar refractivity (Wildman–Crippen MR) is 391 cm³/mol. The molecule has 0 aliphatic carbocycles. The highest BCUT2D eigenvalue weighted by Crippen LogP contribution is 2.35. The van der Waals surface area contributed by atoms with Crippen molar-refractivity contribution in [3.63, 3.8) is 0 Å². The summed E-state index contributed by atoms with van der Waals surface area (Å²) >= 11 is 0. The molecule has 0 saturated carbocycles. The fourth-order valence-corrected chi connectivity index (χ4v) is 13.4. The molecular formula is C82H166O7. The van der Waals surface area contributed by atoms with Crippen molar-refractivity contribution in [2.45, 2.75) is 490 Å². The molecule has 536 valence electrons. The Hall–Kier alpha value is -0.280. The lowest BCUT2D eigenvalue weighted by Gasteiger charge is -2.41. The zero-order chi connectivity index (χ0) is 64.6. The molecule has 0 amide bonds. The quantitative estimate of drug-likeness (QED) is 0.0444. The van der Waals surface area contributed by atoms with Crippen molar-refractivity contribution in [2.75, 3.05) is 40.0 Å². The summed E-state index contributed by atoms with van der Waals surface area (Å²) in [6.45, 7) is 21.8. The Morgan fingerprint density at radius 1 is 0.191 bits per heavy atom. The molecule has 0 fully saturated rings. The van der Waals surface area contributed by atoms with E-state index in [4.69, 9.17) is 33.2 Å². The largest absolute Gasteiger partial charge is 0.347 e. The number of hydrogen-bond donors (Lipinski definition) is 0. The zero-order valence-corrected chi connectivity index (χ0v) is 62.5. The van der Waals surface area contributed by atoms with E-state index in [2.05, 4.69) is 55.4 Å². The minimum Gasteiger partial charge on any atom is -0.347 e. The average molecular weight is 1260 g/mol. The molecule has 0 aliphatic rings. The van der Waals surface area contributed by atoms with Crippen molar-refractivity contribution in [2.24, 2.45) is 0 Å². The lowest BCUT2D eigenvalue weighted by atomic mass is 9.95. The standard InChI is InChI=1S/C82H166O7/c1-9-17-25-33-39-45-47-55-63-71-81(86-73-65-57-49-41-35-27-19-11-3,87-74-66-58-50-42-36-28-20-12-4)79(69-61-53-31-23-15-7)84-77-83-78-85-80(70-62-54-32-24-16-8)82(72-64-56-48-46-40-34-26-18-10-2,88-75-67-59-51-43-37-29-21-13-5)89-76-68-60-52-44-38-30-22-14-6/h79-80H,9-78H2,1-8H3. The summed E-state index contributed by atoms with van der Waals surface area (Å²) in [6, 6.07) is 0. The van der Waals surface area contributed by atoms with Gasteiger partial charge < -0.3 is 33.2 Å². The van der Waals surface area contributed by atoms with E-state index < -0.39 is 11.6 Å². The van der Waals surface area contributed by atoms with Gasteiger partial charge in [-0.15, -0.1) is 0 Å². The molecule has 0 aromatic rings. The summed E-state index contributed by atoms with van der Waals surface area (Å²) in [5.74, 6) is -1.59. The van der Waals surface area contributed by atoms with E-state index in [0.29, 0.717) is 0 Å². The van der Waals surface area contributed by atoms with Crippen LogP contribution in [0.3, 0.4) is 0 Å². The monoisotopic (exact) mass is 1260 g/mol. The maximum Gasteiger partial charge on any atom is 0.194 e. The maximum atomic E-state index is 7.36. The number of rotatable bonds is 80. The van der Waals surface area contributed by atoms with Gasteiger partial charge in [0.25, 0.3) is 0 Å². The van der Waals surface area contributed by atoms with Crippen LogP contribution in [0.5, 0.6) is 0 Å². The third-order valence-corrected chi connectivity index (χ3v) is 19.5. The van der Waals surface area contributed by atoms with Crippen molar-refractivity contribution in [3.8, 4) is 0 Å². The third kappa shape index (κ3) is 57.7. The maximum absolute atomic E-state index is 7.36. The van der Waals surface area contributed by atoms with Gasteiger partial charge in [0.1, 0.15) is 25.8 Å². The Morgan fingerprint density at radius 2 is 0.360 bits per heavy atom. The second-order valence-corrected chi connectivity index (χ2v) is 28.2. The van der Waals surface area contributed by atoms with Gasteiger partial charge in [-0.05, 0) is 51.4 Å². The minimum absolute atomic E-state index is 0.161. The van der Waals surface area contributed by atoms with Gasteiger partial charge in [-0.2, -0.15) is 0 Å². The molecule has 0 aliphatic heterocycles. The van der Waals surface area contributed by atoms with Crippen LogP contribution in [0.1, 0.15) is 466 Å². The van der Waals surface area contributed by atoms with Crippen molar-refractivity contribution in [1.82, 2.24) is 0 Å². The van der Waals surface area contributed by atoms with E-state index in [1.165, 1.54) is 334 Å². The molecule has 0 rings (SSSR count). The van der Waals surface area contributed by atoms with E-state index in [9.17, 15) is 0 Å². The number of unbranched alkanes of at least 4 members (excludes halogenated alkanes) is 52. The first-order valence-corrected chi connectivity index (χ1v) is 41.4. The summed E-state index contributed by atoms with van der Waals surface area (Å²) in [6.07, 6.45) is 80.0. The minimum atomic E-state index is -0.795. The van der Waals surface area contributed by atoms with Gasteiger partial charge in [0.15, 0.2) is 11.6 Å². The molecule has 0 N–H and O–H groups in total. The summed E-state index contributed by atoms with van der Waals surface area (Å²) in [5.41, 5.74) is 0. The van der Waals surface area contributed by atoms with Crippen molar-refractivity contribution in [3.05, 3.63) is 0 Å². The summed E-state index contributed by atoms with van der Waals surface area (Å²) in [4.78, 5) is 0. The Bertz CT molecular complexity index is 1080. The number of hydrogen-bond acceptors (Lipinski definition) is 7. The van der Waals surface area contributed by atoms with Crippen molar-refractivity contribution >= 4 is 0 Å². The van der Waals surface area contributed by atoms with Crippen molar-refractivity contribution < 1.29 is 33.2 Å². The molecular weight excluding hydrogens is 1100 g/mol. The first-order chi connectivity index (χ1) is 44.0. The van der Waals surface area contributed by atoms with Crippen LogP contribution >= 0.6 is 0 Å². The van der Waals surface area contributed by atoms with Gasteiger partial charge in [-0.3, -0.25) is 0 Å². The van der Waals surface area contributed by atoms with Crippen molar-refractivity contribution in [1.29, 1.82) is 0 Å². The average Bonchev–Trinajstić information content (AvgIpc) is 1.63. The topological polar surface area (TPSA) is 64.6 Å². The second kappa shape index (κ2) is 73.5. The normalized spacial score (nSPS) is 12.9. The van der Waals surface area contributed by atoms with Gasteiger partial charge in [-0.25, -0.2) is 0 Å². The van der Waals surface area contributed by atoms with Gasteiger partial charge >= 0.3 is 0 Å². The van der Waals surface area contributed by atoms with Gasteiger partial charge in [-0.1, -0.05) is 402 Å². The Kier molecular flexibility index (Phi) is 73.3. The van der Waals surface area contributed by atoms with Crippen LogP contribution in [0.15, 0.2) is 0 Å². The summed E-state index contributed by atoms with van der Waals surface area (Å²) < 4.78 is 50.5. The zero-order valence-electron chi connectivity index (χ0n) is 62.5. The Balaban J connectivity index is 7.09. The van der Waals surface area contributed by atoms with Crippen LogP contribution in [0, 0.1) is 0 Å². The first-order valence-electron chi connectivity index (χ1n) is 41.4. The Morgan fingerprint density at radius 3 is 0.562 bits per heavy atom. The first kappa shape index (κ1) is 88.7. The summed E-state index contributed by atoms with van der Waals surface area (Å²) in [7, 11) is 0. The molecule has 7 heteroatoms. The van der Waals surface area contributed by atoms with E-state index >= 15 is 0 Å². The SMILES string of the molecule is CCCCCCCCCCCC(OCCCCCCCCCC)(OCCCCCCCCCC)C(CCCCCCC)OCOCOC(CCCCCCC)C(CCCCCCCCCCC)(OCCCCCCCCCC)OCCCCCCCCCC. The fourth-order valence-electron chi connectivity index (χ4n) is 13.4. The Labute approximate surface area is 560 Å². The van der Waals surface area contributed by atoms with Crippen LogP contribution in [0.4, 0.5) is 0 Å². The smallest absolute Gasteiger partial charge is 0.194 e. The second-order valence-electron chi connectivity index (χ2n) is 28.2. The highest BCUT2D eigenvalue weighted by molar-refractivity contribution is 4.84. The molecule has 89 heavy (non-hydrogen) atoms.